The van der Waals surface area contributed by atoms with Gasteiger partial charge in [-0.3, -0.25) is 4.79 Å². The van der Waals surface area contributed by atoms with E-state index in [2.05, 4.69) is 19.1 Å². The first-order valence-corrected chi connectivity index (χ1v) is 33.6. The van der Waals surface area contributed by atoms with Crippen molar-refractivity contribution in [3.63, 3.8) is 0 Å². The van der Waals surface area contributed by atoms with Crippen molar-refractivity contribution < 1.29 is 124 Å². The van der Waals surface area contributed by atoms with Gasteiger partial charge in [0.05, 0.1) is 271 Å². The van der Waals surface area contributed by atoms with Crippen LogP contribution in [-0.4, -0.2) is 323 Å². The van der Waals surface area contributed by atoms with E-state index in [0.717, 1.165) is 25.7 Å². The van der Waals surface area contributed by atoms with Gasteiger partial charge in [0.25, 0.3) is 0 Å². The molecule has 1 heterocycles. The van der Waals surface area contributed by atoms with Gasteiger partial charge < -0.3 is 120 Å². The van der Waals surface area contributed by atoms with Crippen molar-refractivity contribution in [1.82, 2.24) is 0 Å². The largest absolute Gasteiger partial charge is 0.463 e. The monoisotopic (exact) mass is 1310 g/mol. The maximum atomic E-state index is 12.1. The minimum Gasteiger partial charge on any atom is -0.463 e. The predicted molar refractivity (Wildman–Crippen MR) is 335 cm³/mol. The molecule has 0 saturated carbocycles. The molecule has 4 atom stereocenters. The Balaban J connectivity index is 2.47. The Morgan fingerprint density at radius 3 is 1.07 bits per heavy atom. The van der Waals surface area contributed by atoms with Crippen LogP contribution in [0.2, 0.25) is 0 Å². The lowest BCUT2D eigenvalue weighted by Gasteiger charge is -2.29. The number of unbranched alkanes of at least 4 members (excludes halogenated alkanes) is 11. The van der Waals surface area contributed by atoms with Crippen LogP contribution in [-0.2, 0) is 109 Å². The average Bonchev–Trinajstić information content (AvgIpc) is 2.05. The maximum Gasteiger partial charge on any atom is 0.305 e. The molecule has 90 heavy (non-hydrogen) atoms. The third kappa shape index (κ3) is 62.4. The molecule has 26 heteroatoms. The standard InChI is InChI=1S/C64H124O26/c1-2-3-4-5-6-7-8-9-10-11-12-13-14-15-16-17-62(68)88-56-52-83-46-42-78-37-36-75-38-39-80-48-49-85-58-60(86-54-50-81-44-40-76-33-30-72-27-24-69-21-18-65)64-63(89-57-53-84-47-43-79-35-32-74-29-26-71-23-20-67)61(59-90-64)87-55-51-82-45-41-77-34-31-73-28-25-70-22-19-66/h9-10,60-61,63-67H,2-8,11-59H2,1H3/b10-9+. The molecule has 536 valence electrons. The second kappa shape index (κ2) is 74.6. The zero-order valence-corrected chi connectivity index (χ0v) is 55.3. The van der Waals surface area contributed by atoms with Gasteiger partial charge in [-0.25, -0.2) is 0 Å². The Kier molecular flexibility index (Phi) is 71.5. The summed E-state index contributed by atoms with van der Waals surface area (Å²) < 4.78 is 126. The van der Waals surface area contributed by atoms with Crippen molar-refractivity contribution in [2.24, 2.45) is 0 Å². The van der Waals surface area contributed by atoms with E-state index in [1.807, 2.05) is 0 Å². The van der Waals surface area contributed by atoms with Crippen molar-refractivity contribution in [3.05, 3.63) is 12.2 Å². The molecule has 0 amide bonds. The van der Waals surface area contributed by atoms with Crippen LogP contribution in [0.25, 0.3) is 0 Å². The number of aliphatic hydroxyl groups excluding tert-OH is 3. The molecule has 0 aliphatic carbocycles. The first-order chi connectivity index (χ1) is 44.7. The van der Waals surface area contributed by atoms with Gasteiger partial charge in [-0.2, -0.15) is 0 Å². The molecule has 1 aliphatic rings. The van der Waals surface area contributed by atoms with Crippen molar-refractivity contribution in [2.75, 3.05) is 277 Å². The molecule has 0 spiro atoms. The summed E-state index contributed by atoms with van der Waals surface area (Å²) in [6.45, 7) is 16.0. The van der Waals surface area contributed by atoms with Crippen molar-refractivity contribution in [3.8, 4) is 0 Å². The van der Waals surface area contributed by atoms with Crippen LogP contribution in [0.5, 0.6) is 0 Å². The number of rotatable bonds is 78. The van der Waals surface area contributed by atoms with Gasteiger partial charge >= 0.3 is 5.97 Å². The molecule has 0 aromatic rings. The number of hydrogen-bond donors (Lipinski definition) is 3. The fourth-order valence-electron chi connectivity index (χ4n) is 8.45. The average molecular weight is 1310 g/mol. The van der Waals surface area contributed by atoms with Crippen LogP contribution in [0.15, 0.2) is 12.2 Å². The fraction of sp³-hybridized carbons (Fsp3) is 0.953. The Morgan fingerprint density at radius 2 is 0.678 bits per heavy atom. The van der Waals surface area contributed by atoms with Gasteiger partial charge in [0, 0.05) is 6.42 Å². The number of aliphatic hydroxyl groups is 3. The highest BCUT2D eigenvalue weighted by Gasteiger charge is 2.44. The molecule has 1 fully saturated rings. The zero-order valence-electron chi connectivity index (χ0n) is 55.3. The normalized spacial score (nSPS) is 15.5. The molecule has 0 bridgehead atoms. The summed E-state index contributed by atoms with van der Waals surface area (Å²) in [6.07, 6.45) is 18.9. The lowest BCUT2D eigenvalue weighted by molar-refractivity contribution is -0.145. The Hall–Kier alpha value is -1.75. The van der Waals surface area contributed by atoms with E-state index in [-0.39, 0.29) is 85.3 Å². The van der Waals surface area contributed by atoms with E-state index in [1.54, 1.807) is 0 Å². The van der Waals surface area contributed by atoms with E-state index in [4.69, 9.17) is 120 Å². The summed E-state index contributed by atoms with van der Waals surface area (Å²) in [4.78, 5) is 12.1. The quantitative estimate of drug-likeness (QED) is 0.0433. The van der Waals surface area contributed by atoms with Gasteiger partial charge in [0.2, 0.25) is 0 Å². The maximum absolute atomic E-state index is 12.1. The molecule has 0 aromatic carbocycles. The van der Waals surface area contributed by atoms with Gasteiger partial charge in [0.1, 0.15) is 31.0 Å². The lowest BCUT2D eigenvalue weighted by atomic mass is 10.1. The molecule has 1 saturated heterocycles. The smallest absolute Gasteiger partial charge is 0.305 e. The van der Waals surface area contributed by atoms with Crippen molar-refractivity contribution >= 4 is 5.97 Å². The van der Waals surface area contributed by atoms with Gasteiger partial charge in [0.15, 0.2) is 0 Å². The predicted octanol–water partition coefficient (Wildman–Crippen LogP) is 4.38. The van der Waals surface area contributed by atoms with Crippen LogP contribution < -0.4 is 0 Å². The molecule has 0 aromatic heterocycles. The number of carbonyl (C=O) groups excluding carboxylic acids is 1. The van der Waals surface area contributed by atoms with E-state index < -0.39 is 24.4 Å². The number of allylic oxidation sites excluding steroid dienone is 2. The van der Waals surface area contributed by atoms with Crippen LogP contribution >= 0.6 is 0 Å². The SMILES string of the molecule is CCCCCCCC/C=C/CCCCCCCC(=O)OCCOCCOCCOCCOCCOCC(OCCOCCOCCOCCOCCO)C1OCC(OCCOCCOCCOCCOCCO)C1OCCOCCOCCOCCOCCO. The summed E-state index contributed by atoms with van der Waals surface area (Å²) in [5.74, 6) is -0.170. The van der Waals surface area contributed by atoms with Crippen molar-refractivity contribution in [2.45, 2.75) is 121 Å². The van der Waals surface area contributed by atoms with Crippen LogP contribution in [0.4, 0.5) is 0 Å². The van der Waals surface area contributed by atoms with E-state index in [9.17, 15) is 4.79 Å². The first-order valence-electron chi connectivity index (χ1n) is 33.6. The lowest BCUT2D eigenvalue weighted by Crippen LogP contribution is -2.46. The highest BCUT2D eigenvalue weighted by molar-refractivity contribution is 5.69. The Morgan fingerprint density at radius 1 is 0.367 bits per heavy atom. The molecule has 1 aliphatic heterocycles. The molecular formula is C64H124O26. The van der Waals surface area contributed by atoms with Gasteiger partial charge in [-0.05, 0) is 32.1 Å². The molecule has 26 nitrogen and oxygen atoms in total. The summed E-state index contributed by atoms with van der Waals surface area (Å²) in [5.41, 5.74) is 0. The minimum absolute atomic E-state index is 0.0182. The highest BCUT2D eigenvalue weighted by atomic mass is 16.6. The van der Waals surface area contributed by atoms with Crippen LogP contribution in [0.3, 0.4) is 0 Å². The summed E-state index contributed by atoms with van der Waals surface area (Å²) in [7, 11) is 0. The summed E-state index contributed by atoms with van der Waals surface area (Å²) in [6, 6.07) is 0. The summed E-state index contributed by atoms with van der Waals surface area (Å²) in [5, 5.41) is 26.4. The minimum atomic E-state index is -0.563. The van der Waals surface area contributed by atoms with Crippen LogP contribution in [0, 0.1) is 0 Å². The van der Waals surface area contributed by atoms with E-state index in [0.29, 0.717) is 205 Å². The van der Waals surface area contributed by atoms with Gasteiger partial charge in [-0.1, -0.05) is 70.4 Å². The number of hydrogen-bond acceptors (Lipinski definition) is 26. The van der Waals surface area contributed by atoms with Gasteiger partial charge in [-0.15, -0.1) is 0 Å². The second-order valence-corrected chi connectivity index (χ2v) is 20.6. The Bertz CT molecular complexity index is 1420. The number of carbonyl (C=O) groups is 1. The second-order valence-electron chi connectivity index (χ2n) is 20.6. The Labute approximate surface area is 539 Å². The molecule has 1 rings (SSSR count). The molecular weight excluding hydrogens is 1180 g/mol. The van der Waals surface area contributed by atoms with E-state index in [1.165, 1.54) is 57.8 Å². The third-order valence-corrected chi connectivity index (χ3v) is 13.1. The fourth-order valence-corrected chi connectivity index (χ4v) is 8.45. The van der Waals surface area contributed by atoms with Crippen molar-refractivity contribution in [1.29, 1.82) is 0 Å². The molecule has 0 radical (unpaired) electrons. The molecule has 4 unspecified atom stereocenters. The van der Waals surface area contributed by atoms with E-state index >= 15 is 0 Å². The molecule has 3 N–H and O–H groups in total. The van der Waals surface area contributed by atoms with Crippen LogP contribution in [0.1, 0.15) is 96.8 Å². The summed E-state index contributed by atoms with van der Waals surface area (Å²) >= 11 is 0. The zero-order chi connectivity index (χ0) is 64.5. The first kappa shape index (κ1) is 86.3. The topological polar surface area (TPSA) is 281 Å². The number of ether oxygens (including phenoxy) is 22. The third-order valence-electron chi connectivity index (χ3n) is 13.1. The number of esters is 1. The highest BCUT2D eigenvalue weighted by Crippen LogP contribution is 2.26.